The molecule has 0 saturated carbocycles. The molecular weight excluding hydrogens is 396 g/mol. The van der Waals surface area contributed by atoms with Crippen molar-refractivity contribution in [3.8, 4) is 5.75 Å². The summed E-state index contributed by atoms with van der Waals surface area (Å²) in [4.78, 5) is 36.1. The van der Waals surface area contributed by atoms with E-state index in [4.69, 9.17) is 9.84 Å². The van der Waals surface area contributed by atoms with Crippen molar-refractivity contribution in [3.05, 3.63) is 66.2 Å². The molecule has 0 aromatic heterocycles. The van der Waals surface area contributed by atoms with E-state index in [0.29, 0.717) is 32.4 Å². The first kappa shape index (κ1) is 23.9. The molecule has 7 nitrogen and oxygen atoms in total. The number of carboxylic acids is 1. The molecule has 2 amide bonds. The Morgan fingerprint density at radius 2 is 1.71 bits per heavy atom. The molecule has 31 heavy (non-hydrogen) atoms. The average molecular weight is 427 g/mol. The summed E-state index contributed by atoms with van der Waals surface area (Å²) < 4.78 is 5.48. The van der Waals surface area contributed by atoms with Crippen LogP contribution in [0.1, 0.15) is 31.2 Å². The van der Waals surface area contributed by atoms with Crippen molar-refractivity contribution in [2.45, 2.75) is 38.6 Å². The maximum atomic E-state index is 12.0. The van der Waals surface area contributed by atoms with Gasteiger partial charge in [-0.25, -0.2) is 4.79 Å². The lowest BCUT2D eigenvalue weighted by molar-refractivity contribution is -0.148. The van der Waals surface area contributed by atoms with Gasteiger partial charge >= 0.3 is 5.97 Å². The molecule has 1 fully saturated rings. The third kappa shape index (κ3) is 8.90. The molecule has 2 N–H and O–H groups in total. The van der Waals surface area contributed by atoms with Gasteiger partial charge in [0.15, 0.2) is 0 Å². The van der Waals surface area contributed by atoms with E-state index in [0.717, 1.165) is 5.75 Å². The number of para-hydroxylation sites is 1. The minimum Gasteiger partial charge on any atom is -0.494 e. The van der Waals surface area contributed by atoms with E-state index in [1.165, 1.54) is 10.5 Å². The van der Waals surface area contributed by atoms with Crippen LogP contribution in [0.5, 0.6) is 5.75 Å². The number of aryl methyl sites for hydroxylation is 1. The second-order valence-electron chi connectivity index (χ2n) is 7.28. The van der Waals surface area contributed by atoms with Gasteiger partial charge in [0.25, 0.3) is 0 Å². The van der Waals surface area contributed by atoms with Gasteiger partial charge in [-0.1, -0.05) is 54.1 Å². The van der Waals surface area contributed by atoms with E-state index in [-0.39, 0.29) is 24.8 Å². The van der Waals surface area contributed by atoms with Crippen molar-refractivity contribution >= 4 is 17.8 Å². The Hall–Kier alpha value is -3.35. The lowest BCUT2D eigenvalue weighted by Gasteiger charge is -2.21. The van der Waals surface area contributed by atoms with Gasteiger partial charge in [-0.15, -0.1) is 0 Å². The van der Waals surface area contributed by atoms with Crippen LogP contribution in [-0.4, -0.2) is 53.5 Å². The summed E-state index contributed by atoms with van der Waals surface area (Å²) in [6.45, 7) is 2.76. The standard InChI is InChI=1S/C17H22N2O5.C7H8/c20-15(9-5-11-24-13-6-2-1-3-7-13)18-12-16(21)19-10-4-8-14(19)17(22)23;1-7-5-3-2-4-6-7/h1-3,6-7,14H,4-5,8-12H2,(H,18,20)(H,22,23);2-6H,1H3. The minimum absolute atomic E-state index is 0.165. The number of aliphatic carboxylic acids is 1. The minimum atomic E-state index is -0.995. The van der Waals surface area contributed by atoms with Crippen LogP contribution in [0.4, 0.5) is 0 Å². The summed E-state index contributed by atoms with van der Waals surface area (Å²) >= 11 is 0. The van der Waals surface area contributed by atoms with Crippen molar-refractivity contribution in [2.24, 2.45) is 0 Å². The number of carbonyl (C=O) groups excluding carboxylic acids is 2. The molecule has 7 heteroatoms. The summed E-state index contributed by atoms with van der Waals surface area (Å²) in [6, 6.07) is 18.8. The van der Waals surface area contributed by atoms with E-state index in [9.17, 15) is 14.4 Å². The Bertz CT molecular complexity index is 826. The van der Waals surface area contributed by atoms with Crippen molar-refractivity contribution < 1.29 is 24.2 Å². The molecule has 1 aliphatic rings. The van der Waals surface area contributed by atoms with Crippen LogP contribution in [0.15, 0.2) is 60.7 Å². The molecule has 1 atom stereocenters. The van der Waals surface area contributed by atoms with Crippen LogP contribution in [0.3, 0.4) is 0 Å². The van der Waals surface area contributed by atoms with Crippen LogP contribution < -0.4 is 10.1 Å². The highest BCUT2D eigenvalue weighted by Crippen LogP contribution is 2.17. The number of rotatable bonds is 8. The normalized spacial score (nSPS) is 14.9. The largest absolute Gasteiger partial charge is 0.494 e. The zero-order chi connectivity index (χ0) is 22.5. The van der Waals surface area contributed by atoms with Gasteiger partial charge < -0.3 is 20.1 Å². The molecule has 3 rings (SSSR count). The SMILES string of the molecule is Cc1ccccc1.O=C(CCCOc1ccccc1)NCC(=O)N1CCCC1C(=O)O. The summed E-state index contributed by atoms with van der Waals surface area (Å²) in [6.07, 6.45) is 1.93. The molecule has 1 heterocycles. The Labute approximate surface area is 183 Å². The van der Waals surface area contributed by atoms with Crippen molar-refractivity contribution in [1.29, 1.82) is 0 Å². The first-order valence-corrected chi connectivity index (χ1v) is 10.5. The third-order valence-corrected chi connectivity index (χ3v) is 4.80. The predicted molar refractivity (Wildman–Crippen MR) is 118 cm³/mol. The Morgan fingerprint density at radius 1 is 1.06 bits per heavy atom. The molecule has 0 bridgehead atoms. The first-order valence-electron chi connectivity index (χ1n) is 10.5. The number of carboxylic acid groups (broad SMARTS) is 1. The fraction of sp³-hybridized carbons (Fsp3) is 0.375. The van der Waals surface area contributed by atoms with Gasteiger partial charge in [0.1, 0.15) is 11.8 Å². The number of hydrogen-bond acceptors (Lipinski definition) is 4. The number of carbonyl (C=O) groups is 3. The summed E-state index contributed by atoms with van der Waals surface area (Å²) in [7, 11) is 0. The Balaban J connectivity index is 0.000000412. The molecule has 0 aliphatic carbocycles. The highest BCUT2D eigenvalue weighted by atomic mass is 16.5. The number of nitrogens with one attached hydrogen (secondary N) is 1. The van der Waals surface area contributed by atoms with Gasteiger partial charge in [-0.05, 0) is 38.3 Å². The van der Waals surface area contributed by atoms with E-state index in [2.05, 4.69) is 24.4 Å². The smallest absolute Gasteiger partial charge is 0.326 e. The summed E-state index contributed by atoms with van der Waals surface area (Å²) in [5, 5.41) is 11.6. The van der Waals surface area contributed by atoms with Crippen LogP contribution >= 0.6 is 0 Å². The topological polar surface area (TPSA) is 95.9 Å². The molecular formula is C24H30N2O5. The van der Waals surface area contributed by atoms with E-state index < -0.39 is 12.0 Å². The average Bonchev–Trinajstić information content (AvgIpc) is 3.27. The third-order valence-electron chi connectivity index (χ3n) is 4.80. The fourth-order valence-electron chi connectivity index (χ4n) is 3.16. The Morgan fingerprint density at radius 3 is 2.29 bits per heavy atom. The van der Waals surface area contributed by atoms with Crippen LogP contribution in [-0.2, 0) is 14.4 Å². The second-order valence-corrected chi connectivity index (χ2v) is 7.28. The quantitative estimate of drug-likeness (QED) is 0.633. The molecule has 1 unspecified atom stereocenters. The van der Waals surface area contributed by atoms with Gasteiger partial charge in [0.05, 0.1) is 13.2 Å². The van der Waals surface area contributed by atoms with Crippen LogP contribution in [0, 0.1) is 6.92 Å². The molecule has 2 aromatic carbocycles. The molecule has 2 aromatic rings. The number of hydrogen-bond donors (Lipinski definition) is 2. The second kappa shape index (κ2) is 13.1. The van der Waals surface area contributed by atoms with Crippen LogP contribution in [0.2, 0.25) is 0 Å². The molecule has 0 spiro atoms. The van der Waals surface area contributed by atoms with E-state index >= 15 is 0 Å². The molecule has 1 aliphatic heterocycles. The lowest BCUT2D eigenvalue weighted by Crippen LogP contribution is -2.45. The Kier molecular flexibility index (Phi) is 10.1. The molecule has 1 saturated heterocycles. The zero-order valence-corrected chi connectivity index (χ0v) is 17.8. The first-order chi connectivity index (χ1) is 15.0. The van der Waals surface area contributed by atoms with Gasteiger partial charge in [-0.2, -0.15) is 0 Å². The monoisotopic (exact) mass is 426 g/mol. The predicted octanol–water partition coefficient (Wildman–Crippen LogP) is 3.03. The van der Waals surface area contributed by atoms with Gasteiger partial charge in [0.2, 0.25) is 11.8 Å². The lowest BCUT2D eigenvalue weighted by atomic mass is 10.2. The number of amides is 2. The maximum absolute atomic E-state index is 12.0. The fourth-order valence-corrected chi connectivity index (χ4v) is 3.16. The summed E-state index contributed by atoms with van der Waals surface area (Å²) in [5.41, 5.74) is 1.32. The number of nitrogens with zero attached hydrogens (tertiary/aromatic N) is 1. The number of likely N-dealkylation sites (tertiary alicyclic amines) is 1. The summed E-state index contributed by atoms with van der Waals surface area (Å²) in [5.74, 6) is -0.841. The number of ether oxygens (including phenoxy) is 1. The zero-order valence-electron chi connectivity index (χ0n) is 17.8. The molecule has 0 radical (unpaired) electrons. The van der Waals surface area contributed by atoms with Crippen molar-refractivity contribution in [3.63, 3.8) is 0 Å². The van der Waals surface area contributed by atoms with E-state index in [1.807, 2.05) is 48.5 Å². The maximum Gasteiger partial charge on any atom is 0.326 e. The molecule has 166 valence electrons. The highest BCUT2D eigenvalue weighted by Gasteiger charge is 2.33. The van der Waals surface area contributed by atoms with Gasteiger partial charge in [0, 0.05) is 13.0 Å². The van der Waals surface area contributed by atoms with E-state index in [1.54, 1.807) is 0 Å². The van der Waals surface area contributed by atoms with Crippen molar-refractivity contribution in [1.82, 2.24) is 10.2 Å². The number of benzene rings is 2. The van der Waals surface area contributed by atoms with Crippen molar-refractivity contribution in [2.75, 3.05) is 19.7 Å². The highest BCUT2D eigenvalue weighted by molar-refractivity contribution is 5.88. The van der Waals surface area contributed by atoms with Crippen LogP contribution in [0.25, 0.3) is 0 Å². The van der Waals surface area contributed by atoms with Gasteiger partial charge in [-0.3, -0.25) is 9.59 Å².